The summed E-state index contributed by atoms with van der Waals surface area (Å²) in [6.07, 6.45) is 3.16. The lowest BCUT2D eigenvalue weighted by Crippen LogP contribution is -2.44. The molecule has 0 bridgehead atoms. The highest BCUT2D eigenvalue weighted by molar-refractivity contribution is 9.10. The number of nitrogens with zero attached hydrogens (tertiary/aromatic N) is 1. The molecule has 0 spiro atoms. The lowest BCUT2D eigenvalue weighted by atomic mass is 10.0. The van der Waals surface area contributed by atoms with Gasteiger partial charge in [-0.15, -0.1) is 0 Å². The smallest absolute Gasteiger partial charge is 0.226 e. The fourth-order valence-electron chi connectivity index (χ4n) is 3.21. The van der Waals surface area contributed by atoms with Crippen LogP contribution in [0, 0.1) is 5.92 Å². The van der Waals surface area contributed by atoms with Gasteiger partial charge in [-0.05, 0) is 56.0 Å². The van der Waals surface area contributed by atoms with E-state index >= 15 is 0 Å². The molecule has 1 N–H and O–H groups in total. The van der Waals surface area contributed by atoms with Crippen LogP contribution in [0.25, 0.3) is 0 Å². The maximum Gasteiger partial charge on any atom is 0.226 e. The van der Waals surface area contributed by atoms with Crippen LogP contribution in [0.15, 0.2) is 28.7 Å². The Kier molecular flexibility index (Phi) is 4.13. The molecule has 1 aliphatic carbocycles. The summed E-state index contributed by atoms with van der Waals surface area (Å²) in [6, 6.07) is 8.78. The van der Waals surface area contributed by atoms with Crippen molar-refractivity contribution in [3.8, 4) is 0 Å². The molecule has 4 heteroatoms. The average molecular weight is 337 g/mol. The molecule has 1 heterocycles. The Morgan fingerprint density at radius 1 is 1.35 bits per heavy atom. The Balaban J connectivity index is 1.62. The van der Waals surface area contributed by atoms with Crippen molar-refractivity contribution >= 4 is 21.8 Å². The van der Waals surface area contributed by atoms with E-state index in [-0.39, 0.29) is 5.92 Å². The number of carbonyl (C=O) groups is 1. The minimum Gasteiger partial charge on any atom is -0.342 e. The second-order valence-corrected chi connectivity index (χ2v) is 6.85. The van der Waals surface area contributed by atoms with E-state index in [1.807, 2.05) is 18.0 Å². The van der Waals surface area contributed by atoms with Gasteiger partial charge in [-0.1, -0.05) is 28.1 Å². The van der Waals surface area contributed by atoms with Gasteiger partial charge in [-0.2, -0.15) is 0 Å². The van der Waals surface area contributed by atoms with E-state index in [1.165, 1.54) is 5.56 Å². The molecule has 2 aliphatic rings. The summed E-state index contributed by atoms with van der Waals surface area (Å²) in [5, 5.41) is 3.35. The van der Waals surface area contributed by atoms with Crippen molar-refractivity contribution in [1.29, 1.82) is 0 Å². The van der Waals surface area contributed by atoms with Crippen LogP contribution in [0.5, 0.6) is 0 Å². The maximum atomic E-state index is 12.6. The van der Waals surface area contributed by atoms with Gasteiger partial charge in [-0.3, -0.25) is 4.79 Å². The predicted molar refractivity (Wildman–Crippen MR) is 83.7 cm³/mol. The number of carbonyl (C=O) groups excluding carboxylic acids is 1. The van der Waals surface area contributed by atoms with Crippen molar-refractivity contribution in [3.05, 3.63) is 34.3 Å². The predicted octanol–water partition coefficient (Wildman–Crippen LogP) is 2.76. The van der Waals surface area contributed by atoms with E-state index < -0.39 is 0 Å². The highest BCUT2D eigenvalue weighted by Gasteiger charge is 2.46. The van der Waals surface area contributed by atoms with Crippen molar-refractivity contribution < 1.29 is 4.79 Å². The normalized spacial score (nSPS) is 26.3. The summed E-state index contributed by atoms with van der Waals surface area (Å²) in [6.45, 7) is 2.06. The van der Waals surface area contributed by atoms with Gasteiger partial charge >= 0.3 is 0 Å². The molecule has 1 saturated heterocycles. The van der Waals surface area contributed by atoms with Gasteiger partial charge in [0.25, 0.3) is 0 Å². The van der Waals surface area contributed by atoms with Crippen LogP contribution >= 0.6 is 15.9 Å². The molecule has 1 saturated carbocycles. The van der Waals surface area contributed by atoms with Gasteiger partial charge in [0.1, 0.15) is 0 Å². The number of hydrogen-bond donors (Lipinski definition) is 1. The van der Waals surface area contributed by atoms with Crippen LogP contribution < -0.4 is 5.32 Å². The first-order valence-corrected chi connectivity index (χ1v) is 8.19. The molecule has 2 fully saturated rings. The molecule has 3 nitrogen and oxygen atoms in total. The topological polar surface area (TPSA) is 32.3 Å². The van der Waals surface area contributed by atoms with Gasteiger partial charge in [0.15, 0.2) is 0 Å². The molecule has 2 atom stereocenters. The summed E-state index contributed by atoms with van der Waals surface area (Å²) in [7, 11) is 1.98. The zero-order chi connectivity index (χ0) is 14.1. The Labute approximate surface area is 128 Å². The molecule has 3 rings (SSSR count). The first kappa shape index (κ1) is 14.1. The van der Waals surface area contributed by atoms with E-state index in [1.54, 1.807) is 0 Å². The van der Waals surface area contributed by atoms with Gasteiger partial charge in [0.05, 0.1) is 0 Å². The second-order valence-electron chi connectivity index (χ2n) is 5.93. The van der Waals surface area contributed by atoms with Crippen molar-refractivity contribution in [3.63, 3.8) is 0 Å². The summed E-state index contributed by atoms with van der Waals surface area (Å²) in [5.74, 6) is 0.954. The van der Waals surface area contributed by atoms with E-state index in [0.29, 0.717) is 17.9 Å². The van der Waals surface area contributed by atoms with Crippen molar-refractivity contribution in [2.75, 3.05) is 20.1 Å². The average Bonchev–Trinajstić information content (AvgIpc) is 3.27. The third-order valence-corrected chi connectivity index (χ3v) is 5.08. The van der Waals surface area contributed by atoms with Crippen LogP contribution in [0.3, 0.4) is 0 Å². The van der Waals surface area contributed by atoms with Crippen LogP contribution in [-0.2, 0) is 4.79 Å². The van der Waals surface area contributed by atoms with Crippen molar-refractivity contribution in [1.82, 2.24) is 10.2 Å². The Hall–Kier alpha value is -0.870. The largest absolute Gasteiger partial charge is 0.342 e. The zero-order valence-electron chi connectivity index (χ0n) is 11.8. The standard InChI is InChI=1S/C16H21BrN2O/c1-19(13-5-7-18-8-6-13)16(20)15-10-14(15)11-3-2-4-12(17)9-11/h2-4,9,13-15,18H,5-8,10H2,1H3. The van der Waals surface area contributed by atoms with E-state index in [4.69, 9.17) is 0 Å². The van der Waals surface area contributed by atoms with Gasteiger partial charge in [0.2, 0.25) is 5.91 Å². The Morgan fingerprint density at radius 3 is 2.80 bits per heavy atom. The van der Waals surface area contributed by atoms with Gasteiger partial charge in [-0.25, -0.2) is 0 Å². The molecule has 1 aromatic carbocycles. The molecule has 0 aromatic heterocycles. The quantitative estimate of drug-likeness (QED) is 0.920. The zero-order valence-corrected chi connectivity index (χ0v) is 13.4. The number of hydrogen-bond acceptors (Lipinski definition) is 2. The van der Waals surface area contributed by atoms with Gasteiger partial charge in [0, 0.05) is 23.5 Å². The van der Waals surface area contributed by atoms with Crippen LogP contribution in [-0.4, -0.2) is 37.0 Å². The number of nitrogens with one attached hydrogen (secondary N) is 1. The SMILES string of the molecule is CN(C(=O)C1CC1c1cccc(Br)c1)C1CCNCC1. The molecule has 20 heavy (non-hydrogen) atoms. The molecule has 108 valence electrons. The summed E-state index contributed by atoms with van der Waals surface area (Å²) < 4.78 is 1.10. The fraction of sp³-hybridized carbons (Fsp3) is 0.562. The van der Waals surface area contributed by atoms with E-state index in [9.17, 15) is 4.79 Å². The number of halogens is 1. The summed E-state index contributed by atoms with van der Waals surface area (Å²) in [5.41, 5.74) is 1.29. The maximum absolute atomic E-state index is 12.6. The van der Waals surface area contributed by atoms with Crippen molar-refractivity contribution in [2.45, 2.75) is 31.2 Å². The first-order chi connectivity index (χ1) is 9.66. The number of benzene rings is 1. The fourth-order valence-corrected chi connectivity index (χ4v) is 3.63. The lowest BCUT2D eigenvalue weighted by molar-refractivity contribution is -0.133. The molecular formula is C16H21BrN2O. The minimum atomic E-state index is 0.198. The third-order valence-electron chi connectivity index (χ3n) is 4.59. The molecular weight excluding hydrogens is 316 g/mol. The minimum absolute atomic E-state index is 0.198. The Morgan fingerprint density at radius 2 is 2.10 bits per heavy atom. The Bertz CT molecular complexity index is 499. The molecule has 1 aromatic rings. The van der Waals surface area contributed by atoms with Crippen molar-refractivity contribution in [2.24, 2.45) is 5.92 Å². The van der Waals surface area contributed by atoms with Crippen LogP contribution in [0.4, 0.5) is 0 Å². The number of amides is 1. The van der Waals surface area contributed by atoms with Crippen LogP contribution in [0.1, 0.15) is 30.7 Å². The number of rotatable bonds is 3. The van der Waals surface area contributed by atoms with E-state index in [2.05, 4.69) is 39.4 Å². The molecule has 2 unspecified atom stereocenters. The highest BCUT2D eigenvalue weighted by Crippen LogP contribution is 2.49. The molecule has 1 aliphatic heterocycles. The highest BCUT2D eigenvalue weighted by atomic mass is 79.9. The lowest BCUT2D eigenvalue weighted by Gasteiger charge is -2.32. The summed E-state index contributed by atoms with van der Waals surface area (Å²) >= 11 is 3.50. The van der Waals surface area contributed by atoms with E-state index in [0.717, 1.165) is 36.8 Å². The molecule has 0 radical (unpaired) electrons. The van der Waals surface area contributed by atoms with Gasteiger partial charge < -0.3 is 10.2 Å². The third kappa shape index (κ3) is 2.91. The monoisotopic (exact) mass is 336 g/mol. The second kappa shape index (κ2) is 5.86. The molecule has 1 amide bonds. The summed E-state index contributed by atoms with van der Waals surface area (Å²) in [4.78, 5) is 14.6. The number of piperidine rings is 1. The van der Waals surface area contributed by atoms with Crippen LogP contribution in [0.2, 0.25) is 0 Å². The first-order valence-electron chi connectivity index (χ1n) is 7.39.